The lowest BCUT2D eigenvalue weighted by molar-refractivity contribution is 0.414. The predicted octanol–water partition coefficient (Wildman–Crippen LogP) is 3.90. The standard InChI is InChI=1S/C17H29NO/c1-14(2)13-18-12-11-15(3)5-6-16-7-9-17(19-4)10-8-16/h7-10,14-15,18H,5-6,11-13H2,1-4H3. The van der Waals surface area contributed by atoms with Crippen LogP contribution in [-0.2, 0) is 6.42 Å². The van der Waals surface area contributed by atoms with Crippen LogP contribution in [-0.4, -0.2) is 20.2 Å². The van der Waals surface area contributed by atoms with Crippen LogP contribution in [0.2, 0.25) is 0 Å². The van der Waals surface area contributed by atoms with E-state index in [2.05, 4.69) is 38.2 Å². The van der Waals surface area contributed by atoms with Crippen LogP contribution in [0.4, 0.5) is 0 Å². The average Bonchev–Trinajstić information content (AvgIpc) is 2.41. The predicted molar refractivity (Wildman–Crippen MR) is 82.8 cm³/mol. The van der Waals surface area contributed by atoms with Crippen molar-refractivity contribution in [2.75, 3.05) is 20.2 Å². The molecule has 19 heavy (non-hydrogen) atoms. The summed E-state index contributed by atoms with van der Waals surface area (Å²) in [5.41, 5.74) is 1.41. The van der Waals surface area contributed by atoms with Crippen molar-refractivity contribution in [2.24, 2.45) is 11.8 Å². The average molecular weight is 263 g/mol. The number of hydrogen-bond donors (Lipinski definition) is 1. The maximum absolute atomic E-state index is 5.17. The Balaban J connectivity index is 2.16. The van der Waals surface area contributed by atoms with Crippen LogP contribution in [0, 0.1) is 11.8 Å². The summed E-state index contributed by atoms with van der Waals surface area (Å²) >= 11 is 0. The van der Waals surface area contributed by atoms with Crippen LogP contribution in [0.1, 0.15) is 39.2 Å². The molecular weight excluding hydrogens is 234 g/mol. The van der Waals surface area contributed by atoms with E-state index in [0.717, 1.165) is 37.1 Å². The summed E-state index contributed by atoms with van der Waals surface area (Å²) in [6.45, 7) is 9.12. The zero-order valence-electron chi connectivity index (χ0n) is 12.9. The minimum atomic E-state index is 0.745. The normalized spacial score (nSPS) is 12.7. The lowest BCUT2D eigenvalue weighted by atomic mass is 9.98. The monoisotopic (exact) mass is 263 g/mol. The topological polar surface area (TPSA) is 21.3 Å². The Labute approximate surface area is 118 Å². The largest absolute Gasteiger partial charge is 0.497 e. The number of aryl methyl sites for hydroxylation is 1. The van der Waals surface area contributed by atoms with Gasteiger partial charge in [0.1, 0.15) is 5.75 Å². The maximum Gasteiger partial charge on any atom is 0.118 e. The maximum atomic E-state index is 5.17. The molecule has 0 amide bonds. The fourth-order valence-corrected chi connectivity index (χ4v) is 2.09. The molecule has 1 rings (SSSR count). The molecule has 0 spiro atoms. The van der Waals surface area contributed by atoms with Crippen molar-refractivity contribution in [3.63, 3.8) is 0 Å². The van der Waals surface area contributed by atoms with Crippen molar-refractivity contribution in [1.29, 1.82) is 0 Å². The van der Waals surface area contributed by atoms with Gasteiger partial charge in [-0.15, -0.1) is 0 Å². The van der Waals surface area contributed by atoms with Gasteiger partial charge in [-0.05, 0) is 61.9 Å². The number of hydrogen-bond acceptors (Lipinski definition) is 2. The van der Waals surface area contributed by atoms with E-state index in [4.69, 9.17) is 4.74 Å². The van der Waals surface area contributed by atoms with Gasteiger partial charge >= 0.3 is 0 Å². The van der Waals surface area contributed by atoms with Crippen LogP contribution in [0.3, 0.4) is 0 Å². The molecule has 0 saturated carbocycles. The third-order valence-electron chi connectivity index (χ3n) is 3.45. The van der Waals surface area contributed by atoms with Crippen LogP contribution < -0.4 is 10.1 Å². The Bertz CT molecular complexity index is 332. The first-order chi connectivity index (χ1) is 9.11. The van der Waals surface area contributed by atoms with E-state index in [0.29, 0.717) is 0 Å². The second kappa shape index (κ2) is 8.98. The number of benzene rings is 1. The highest BCUT2D eigenvalue weighted by atomic mass is 16.5. The number of rotatable bonds is 9. The molecule has 0 radical (unpaired) electrons. The van der Waals surface area contributed by atoms with Crippen molar-refractivity contribution in [3.05, 3.63) is 29.8 Å². The third-order valence-corrected chi connectivity index (χ3v) is 3.45. The molecule has 0 aliphatic carbocycles. The van der Waals surface area contributed by atoms with Crippen molar-refractivity contribution < 1.29 is 4.74 Å². The molecule has 1 N–H and O–H groups in total. The number of ether oxygens (including phenoxy) is 1. The van der Waals surface area contributed by atoms with E-state index in [1.165, 1.54) is 18.4 Å². The molecule has 108 valence electrons. The van der Waals surface area contributed by atoms with E-state index in [1.54, 1.807) is 7.11 Å². The molecule has 0 aromatic heterocycles. The summed E-state index contributed by atoms with van der Waals surface area (Å²) in [5.74, 6) is 2.46. The first kappa shape index (κ1) is 16.0. The Morgan fingerprint density at radius 3 is 2.32 bits per heavy atom. The highest BCUT2D eigenvalue weighted by Gasteiger charge is 2.03. The molecular formula is C17H29NO. The third kappa shape index (κ3) is 7.22. The van der Waals surface area contributed by atoms with E-state index in [-0.39, 0.29) is 0 Å². The molecule has 0 saturated heterocycles. The number of methoxy groups -OCH3 is 1. The molecule has 2 nitrogen and oxygen atoms in total. The first-order valence-electron chi connectivity index (χ1n) is 7.45. The molecule has 0 heterocycles. The van der Waals surface area contributed by atoms with Crippen LogP contribution >= 0.6 is 0 Å². The molecule has 0 fully saturated rings. The molecule has 0 aliphatic heterocycles. The van der Waals surface area contributed by atoms with Gasteiger partial charge in [0.15, 0.2) is 0 Å². The van der Waals surface area contributed by atoms with Crippen molar-refractivity contribution in [2.45, 2.75) is 40.0 Å². The van der Waals surface area contributed by atoms with Gasteiger partial charge in [-0.25, -0.2) is 0 Å². The smallest absolute Gasteiger partial charge is 0.118 e. The summed E-state index contributed by atoms with van der Waals surface area (Å²) in [6, 6.07) is 8.43. The molecule has 2 heteroatoms. The quantitative estimate of drug-likeness (QED) is 0.682. The van der Waals surface area contributed by atoms with Crippen molar-refractivity contribution in [3.8, 4) is 5.75 Å². The Hall–Kier alpha value is -1.02. The van der Waals surface area contributed by atoms with Gasteiger partial charge in [-0.1, -0.05) is 32.9 Å². The molecule has 1 unspecified atom stereocenters. The second-order valence-corrected chi connectivity index (χ2v) is 5.88. The summed E-state index contributed by atoms with van der Waals surface area (Å²) in [6.07, 6.45) is 3.69. The lowest BCUT2D eigenvalue weighted by Crippen LogP contribution is -2.22. The molecule has 0 bridgehead atoms. The summed E-state index contributed by atoms with van der Waals surface area (Å²) in [4.78, 5) is 0. The fraction of sp³-hybridized carbons (Fsp3) is 0.647. The van der Waals surface area contributed by atoms with Gasteiger partial charge in [-0.3, -0.25) is 0 Å². The van der Waals surface area contributed by atoms with Crippen molar-refractivity contribution >= 4 is 0 Å². The van der Waals surface area contributed by atoms with Crippen LogP contribution in [0.5, 0.6) is 5.75 Å². The van der Waals surface area contributed by atoms with Crippen LogP contribution in [0.25, 0.3) is 0 Å². The minimum absolute atomic E-state index is 0.745. The van der Waals surface area contributed by atoms with E-state index < -0.39 is 0 Å². The van der Waals surface area contributed by atoms with E-state index in [9.17, 15) is 0 Å². The molecule has 0 aliphatic rings. The molecule has 1 aromatic carbocycles. The summed E-state index contributed by atoms with van der Waals surface area (Å²) in [7, 11) is 1.71. The second-order valence-electron chi connectivity index (χ2n) is 5.88. The van der Waals surface area contributed by atoms with E-state index >= 15 is 0 Å². The zero-order chi connectivity index (χ0) is 14.1. The first-order valence-corrected chi connectivity index (χ1v) is 7.45. The summed E-state index contributed by atoms with van der Waals surface area (Å²) < 4.78 is 5.17. The van der Waals surface area contributed by atoms with Gasteiger partial charge in [-0.2, -0.15) is 0 Å². The fourth-order valence-electron chi connectivity index (χ4n) is 2.09. The van der Waals surface area contributed by atoms with Gasteiger partial charge < -0.3 is 10.1 Å². The van der Waals surface area contributed by atoms with Gasteiger partial charge in [0.05, 0.1) is 7.11 Å². The number of nitrogens with one attached hydrogen (secondary N) is 1. The van der Waals surface area contributed by atoms with Crippen molar-refractivity contribution in [1.82, 2.24) is 5.32 Å². The summed E-state index contributed by atoms with van der Waals surface area (Å²) in [5, 5.41) is 3.51. The highest BCUT2D eigenvalue weighted by Crippen LogP contribution is 2.16. The lowest BCUT2D eigenvalue weighted by Gasteiger charge is -2.13. The molecule has 1 atom stereocenters. The van der Waals surface area contributed by atoms with E-state index in [1.807, 2.05) is 12.1 Å². The Kier molecular flexibility index (Phi) is 7.57. The van der Waals surface area contributed by atoms with Gasteiger partial charge in [0.2, 0.25) is 0 Å². The van der Waals surface area contributed by atoms with Gasteiger partial charge in [0, 0.05) is 0 Å². The zero-order valence-corrected chi connectivity index (χ0v) is 12.9. The Morgan fingerprint density at radius 2 is 1.74 bits per heavy atom. The van der Waals surface area contributed by atoms with Gasteiger partial charge in [0.25, 0.3) is 0 Å². The van der Waals surface area contributed by atoms with Crippen LogP contribution in [0.15, 0.2) is 24.3 Å². The SMILES string of the molecule is COc1ccc(CCC(C)CCNCC(C)C)cc1. The Morgan fingerprint density at radius 1 is 1.05 bits per heavy atom. The molecule has 1 aromatic rings. The highest BCUT2D eigenvalue weighted by molar-refractivity contribution is 5.27. The minimum Gasteiger partial charge on any atom is -0.497 e.